The molecule has 94 valence electrons. The zero-order chi connectivity index (χ0) is 13.4. The van der Waals surface area contributed by atoms with Gasteiger partial charge in [-0.1, -0.05) is 17.7 Å². The topological polar surface area (TPSA) is 73.3 Å². The smallest absolute Gasteiger partial charge is 0.297 e. The standard InChI is InChI=1S/C12H7ClN4O2/c13-10-5-4-9(17(18)19)12(15-10)8-2-1-3-11-14-6-7-16(8)11/h1-7H. The van der Waals surface area contributed by atoms with Gasteiger partial charge in [-0.05, 0) is 18.2 Å². The van der Waals surface area contributed by atoms with Crippen molar-refractivity contribution in [3.63, 3.8) is 0 Å². The second kappa shape index (κ2) is 4.33. The Kier molecular flexibility index (Phi) is 2.64. The number of imidazole rings is 1. The van der Waals surface area contributed by atoms with Crippen molar-refractivity contribution in [2.75, 3.05) is 0 Å². The predicted molar refractivity (Wildman–Crippen MR) is 70.1 cm³/mol. The molecule has 3 rings (SSSR count). The van der Waals surface area contributed by atoms with Crippen molar-refractivity contribution in [3.05, 3.63) is 58.0 Å². The minimum atomic E-state index is -0.478. The highest BCUT2D eigenvalue weighted by atomic mass is 35.5. The Morgan fingerprint density at radius 3 is 2.89 bits per heavy atom. The largest absolute Gasteiger partial charge is 0.298 e. The fraction of sp³-hybridized carbons (Fsp3) is 0. The molecule has 0 atom stereocenters. The molecule has 19 heavy (non-hydrogen) atoms. The molecule has 3 aromatic heterocycles. The van der Waals surface area contributed by atoms with Gasteiger partial charge in [-0.3, -0.25) is 14.5 Å². The monoisotopic (exact) mass is 274 g/mol. The van der Waals surface area contributed by atoms with Crippen LogP contribution in [0.4, 0.5) is 5.69 Å². The average Bonchev–Trinajstić information content (AvgIpc) is 2.86. The number of fused-ring (bicyclic) bond motifs is 1. The highest BCUT2D eigenvalue weighted by Gasteiger charge is 2.19. The van der Waals surface area contributed by atoms with E-state index in [-0.39, 0.29) is 16.5 Å². The van der Waals surface area contributed by atoms with Crippen LogP contribution in [0.2, 0.25) is 5.15 Å². The van der Waals surface area contributed by atoms with E-state index in [9.17, 15) is 10.1 Å². The molecule has 3 aromatic rings. The van der Waals surface area contributed by atoms with E-state index in [0.29, 0.717) is 11.3 Å². The zero-order valence-electron chi connectivity index (χ0n) is 9.52. The third-order valence-electron chi connectivity index (χ3n) is 2.71. The number of hydrogen-bond acceptors (Lipinski definition) is 4. The predicted octanol–water partition coefficient (Wildman–Crippen LogP) is 2.96. The van der Waals surface area contributed by atoms with Crippen molar-refractivity contribution < 1.29 is 4.92 Å². The highest BCUT2D eigenvalue weighted by Crippen LogP contribution is 2.29. The lowest BCUT2D eigenvalue weighted by Crippen LogP contribution is -1.98. The van der Waals surface area contributed by atoms with Gasteiger partial charge in [0.05, 0.1) is 10.6 Å². The Morgan fingerprint density at radius 2 is 2.11 bits per heavy atom. The molecule has 0 N–H and O–H groups in total. The van der Waals surface area contributed by atoms with Crippen molar-refractivity contribution in [2.45, 2.75) is 0 Å². The summed E-state index contributed by atoms with van der Waals surface area (Å²) in [7, 11) is 0. The minimum Gasteiger partial charge on any atom is -0.298 e. The van der Waals surface area contributed by atoms with Crippen LogP contribution in [-0.4, -0.2) is 19.3 Å². The van der Waals surface area contributed by atoms with Crippen LogP contribution in [0.5, 0.6) is 0 Å². The lowest BCUT2D eigenvalue weighted by atomic mass is 10.2. The molecule has 0 bridgehead atoms. The van der Waals surface area contributed by atoms with E-state index in [1.807, 2.05) is 0 Å². The molecular weight excluding hydrogens is 268 g/mol. The van der Waals surface area contributed by atoms with E-state index in [1.165, 1.54) is 12.1 Å². The normalized spacial score (nSPS) is 10.8. The maximum Gasteiger partial charge on any atom is 0.297 e. The molecule has 0 aliphatic rings. The van der Waals surface area contributed by atoms with Crippen molar-refractivity contribution in [3.8, 4) is 11.4 Å². The third kappa shape index (κ3) is 1.92. The average molecular weight is 275 g/mol. The molecule has 0 fully saturated rings. The number of nitro groups is 1. The summed E-state index contributed by atoms with van der Waals surface area (Å²) in [6, 6.07) is 8.06. The van der Waals surface area contributed by atoms with Gasteiger partial charge in [0.25, 0.3) is 5.69 Å². The molecule has 7 heteroatoms. The Hall–Kier alpha value is -2.47. The first-order chi connectivity index (χ1) is 9.16. The molecule has 0 unspecified atom stereocenters. The summed E-state index contributed by atoms with van der Waals surface area (Å²) in [4.78, 5) is 18.8. The summed E-state index contributed by atoms with van der Waals surface area (Å²) in [6.07, 6.45) is 3.34. The van der Waals surface area contributed by atoms with Crippen molar-refractivity contribution in [1.82, 2.24) is 14.4 Å². The lowest BCUT2D eigenvalue weighted by Gasteiger charge is -2.05. The van der Waals surface area contributed by atoms with E-state index in [4.69, 9.17) is 11.6 Å². The van der Waals surface area contributed by atoms with Crippen LogP contribution in [0.15, 0.2) is 42.7 Å². The van der Waals surface area contributed by atoms with Gasteiger partial charge in [-0.25, -0.2) is 9.97 Å². The minimum absolute atomic E-state index is 0.0920. The van der Waals surface area contributed by atoms with E-state index < -0.39 is 4.92 Å². The Morgan fingerprint density at radius 1 is 1.26 bits per heavy atom. The van der Waals surface area contributed by atoms with Gasteiger partial charge in [0, 0.05) is 18.5 Å². The molecular formula is C12H7ClN4O2. The van der Waals surface area contributed by atoms with Gasteiger partial charge in [0.2, 0.25) is 0 Å². The fourth-order valence-electron chi connectivity index (χ4n) is 1.90. The van der Waals surface area contributed by atoms with Crippen LogP contribution in [0.25, 0.3) is 17.0 Å². The summed E-state index contributed by atoms with van der Waals surface area (Å²) >= 11 is 5.84. The lowest BCUT2D eigenvalue weighted by molar-refractivity contribution is -0.384. The van der Waals surface area contributed by atoms with Crippen LogP contribution < -0.4 is 0 Å². The van der Waals surface area contributed by atoms with Gasteiger partial charge in [0.1, 0.15) is 10.8 Å². The Balaban J connectivity index is 2.35. The number of aromatic nitrogens is 3. The number of hydrogen-bond donors (Lipinski definition) is 0. The molecule has 3 heterocycles. The summed E-state index contributed by atoms with van der Waals surface area (Å²) in [5.74, 6) is 0. The number of halogens is 1. The molecule has 6 nitrogen and oxygen atoms in total. The maximum absolute atomic E-state index is 11.1. The number of pyridine rings is 2. The molecule has 0 spiro atoms. The summed E-state index contributed by atoms with van der Waals surface area (Å²) in [5.41, 5.74) is 1.39. The quantitative estimate of drug-likeness (QED) is 0.409. The van der Waals surface area contributed by atoms with Crippen LogP contribution in [0.3, 0.4) is 0 Å². The maximum atomic E-state index is 11.1. The number of nitrogens with zero attached hydrogens (tertiary/aromatic N) is 4. The first kappa shape index (κ1) is 11.6. The Bertz CT molecular complexity index is 784. The molecule has 0 aromatic carbocycles. The van der Waals surface area contributed by atoms with Gasteiger partial charge < -0.3 is 0 Å². The zero-order valence-corrected chi connectivity index (χ0v) is 10.3. The first-order valence-electron chi connectivity index (χ1n) is 5.40. The van der Waals surface area contributed by atoms with Gasteiger partial charge >= 0.3 is 0 Å². The number of rotatable bonds is 2. The van der Waals surface area contributed by atoms with Gasteiger partial charge in [-0.15, -0.1) is 0 Å². The van der Waals surface area contributed by atoms with E-state index in [2.05, 4.69) is 9.97 Å². The summed E-state index contributed by atoms with van der Waals surface area (Å²) < 4.78 is 1.73. The fourth-order valence-corrected chi connectivity index (χ4v) is 2.05. The van der Waals surface area contributed by atoms with Crippen molar-refractivity contribution >= 4 is 22.9 Å². The second-order valence-corrected chi connectivity index (χ2v) is 4.21. The molecule has 0 saturated carbocycles. The van der Waals surface area contributed by atoms with Crippen LogP contribution in [0.1, 0.15) is 0 Å². The van der Waals surface area contributed by atoms with Gasteiger partial charge in [-0.2, -0.15) is 0 Å². The molecule has 0 amide bonds. The summed E-state index contributed by atoms with van der Waals surface area (Å²) in [6.45, 7) is 0. The molecule has 0 aliphatic carbocycles. The van der Waals surface area contributed by atoms with Crippen molar-refractivity contribution in [2.24, 2.45) is 0 Å². The van der Waals surface area contributed by atoms with E-state index >= 15 is 0 Å². The second-order valence-electron chi connectivity index (χ2n) is 3.83. The highest BCUT2D eigenvalue weighted by molar-refractivity contribution is 6.29. The van der Waals surface area contributed by atoms with Crippen molar-refractivity contribution in [1.29, 1.82) is 0 Å². The molecule has 0 aliphatic heterocycles. The third-order valence-corrected chi connectivity index (χ3v) is 2.92. The van der Waals surface area contributed by atoms with Crippen LogP contribution in [-0.2, 0) is 0 Å². The van der Waals surface area contributed by atoms with E-state index in [0.717, 1.165) is 0 Å². The van der Waals surface area contributed by atoms with Crippen LogP contribution >= 0.6 is 11.6 Å². The first-order valence-corrected chi connectivity index (χ1v) is 5.78. The molecule has 0 saturated heterocycles. The van der Waals surface area contributed by atoms with E-state index in [1.54, 1.807) is 35.0 Å². The van der Waals surface area contributed by atoms with Crippen LogP contribution in [0, 0.1) is 10.1 Å². The molecule has 0 radical (unpaired) electrons. The Labute approximate surface area is 112 Å². The van der Waals surface area contributed by atoms with Gasteiger partial charge in [0.15, 0.2) is 5.69 Å². The summed E-state index contributed by atoms with van der Waals surface area (Å²) in [5, 5.41) is 11.3. The SMILES string of the molecule is O=[N+]([O-])c1ccc(Cl)nc1-c1cccc2nccn12.